The Hall–Kier alpha value is -3.12. The maximum atomic E-state index is 13.0. The summed E-state index contributed by atoms with van der Waals surface area (Å²) in [5.41, 5.74) is 1.85. The van der Waals surface area contributed by atoms with Gasteiger partial charge in [0.2, 0.25) is 5.91 Å². The summed E-state index contributed by atoms with van der Waals surface area (Å²) >= 11 is 1.30. The van der Waals surface area contributed by atoms with E-state index in [2.05, 4.69) is 10.6 Å². The summed E-state index contributed by atoms with van der Waals surface area (Å²) < 4.78 is 13.0. The van der Waals surface area contributed by atoms with Crippen LogP contribution in [-0.4, -0.2) is 17.6 Å². The summed E-state index contributed by atoms with van der Waals surface area (Å²) in [7, 11) is 0. The van der Waals surface area contributed by atoms with Gasteiger partial charge in [-0.3, -0.25) is 9.59 Å². The molecule has 0 aliphatic carbocycles. The fourth-order valence-electron chi connectivity index (χ4n) is 2.76. The highest BCUT2D eigenvalue weighted by Gasteiger charge is 2.16. The van der Waals surface area contributed by atoms with E-state index >= 15 is 0 Å². The highest BCUT2D eigenvalue weighted by molar-refractivity contribution is 8.00. The Morgan fingerprint density at radius 3 is 2.31 bits per heavy atom. The van der Waals surface area contributed by atoms with Gasteiger partial charge in [-0.15, -0.1) is 11.8 Å². The maximum absolute atomic E-state index is 13.0. The minimum atomic E-state index is -0.316. The standard InChI is InChI=1S/C23H21FN2O2S/c1-16(17-7-3-2-4-8-17)25-23(28)20-9-5-6-10-21(20)26-22(27)15-29-19-13-11-18(24)12-14-19/h2-14,16H,15H2,1H3,(H,25,28)(H,26,27)/t16-/m0/s1. The predicted molar refractivity (Wildman–Crippen MR) is 115 cm³/mol. The monoisotopic (exact) mass is 408 g/mol. The van der Waals surface area contributed by atoms with Crippen molar-refractivity contribution in [3.05, 3.63) is 95.8 Å². The number of rotatable bonds is 7. The minimum Gasteiger partial charge on any atom is -0.345 e. The van der Waals surface area contributed by atoms with Crippen molar-refractivity contribution < 1.29 is 14.0 Å². The van der Waals surface area contributed by atoms with Crippen molar-refractivity contribution in [2.24, 2.45) is 0 Å². The quantitative estimate of drug-likeness (QED) is 0.538. The third kappa shape index (κ3) is 5.93. The molecule has 0 saturated heterocycles. The molecule has 3 rings (SSSR count). The largest absolute Gasteiger partial charge is 0.345 e. The van der Waals surface area contributed by atoms with Gasteiger partial charge in [-0.2, -0.15) is 0 Å². The number of anilines is 1. The smallest absolute Gasteiger partial charge is 0.253 e. The summed E-state index contributed by atoms with van der Waals surface area (Å²) in [4.78, 5) is 25.9. The normalized spacial score (nSPS) is 11.5. The molecule has 148 valence electrons. The van der Waals surface area contributed by atoms with E-state index in [-0.39, 0.29) is 29.4 Å². The van der Waals surface area contributed by atoms with Gasteiger partial charge < -0.3 is 10.6 Å². The van der Waals surface area contributed by atoms with Crippen LogP contribution < -0.4 is 10.6 Å². The SMILES string of the molecule is C[C@H](NC(=O)c1ccccc1NC(=O)CSc1ccc(F)cc1)c1ccccc1. The molecule has 0 bridgehead atoms. The molecule has 4 nitrogen and oxygen atoms in total. The lowest BCUT2D eigenvalue weighted by atomic mass is 10.1. The zero-order valence-electron chi connectivity index (χ0n) is 15.9. The number of thioether (sulfide) groups is 1. The molecule has 0 fully saturated rings. The lowest BCUT2D eigenvalue weighted by molar-refractivity contribution is -0.113. The van der Waals surface area contributed by atoms with Crippen LogP contribution in [0.5, 0.6) is 0 Å². The van der Waals surface area contributed by atoms with Gasteiger partial charge in [0.25, 0.3) is 5.91 Å². The lowest BCUT2D eigenvalue weighted by Crippen LogP contribution is -2.28. The van der Waals surface area contributed by atoms with Crippen molar-refractivity contribution in [1.82, 2.24) is 5.32 Å². The van der Waals surface area contributed by atoms with Gasteiger partial charge in [0.05, 0.1) is 23.0 Å². The second kappa shape index (κ2) is 9.89. The first-order valence-electron chi connectivity index (χ1n) is 9.16. The molecule has 3 aromatic carbocycles. The Balaban J connectivity index is 1.62. The van der Waals surface area contributed by atoms with Crippen LogP contribution in [0.15, 0.2) is 83.8 Å². The number of hydrogen-bond acceptors (Lipinski definition) is 3. The van der Waals surface area contributed by atoms with Crippen LogP contribution in [0.2, 0.25) is 0 Å². The van der Waals surface area contributed by atoms with Crippen LogP contribution in [0.4, 0.5) is 10.1 Å². The van der Waals surface area contributed by atoms with E-state index in [9.17, 15) is 14.0 Å². The maximum Gasteiger partial charge on any atom is 0.253 e. The molecule has 0 aliphatic heterocycles. The van der Waals surface area contributed by atoms with Crippen LogP contribution in [0, 0.1) is 5.82 Å². The number of amides is 2. The Morgan fingerprint density at radius 1 is 0.931 bits per heavy atom. The van der Waals surface area contributed by atoms with Crippen molar-refractivity contribution in [3.8, 4) is 0 Å². The Bertz CT molecular complexity index is 978. The van der Waals surface area contributed by atoms with Gasteiger partial charge in [0, 0.05) is 4.90 Å². The lowest BCUT2D eigenvalue weighted by Gasteiger charge is -2.16. The second-order valence-electron chi connectivity index (χ2n) is 6.44. The summed E-state index contributed by atoms with van der Waals surface area (Å²) in [6.45, 7) is 1.91. The molecule has 6 heteroatoms. The van der Waals surface area contributed by atoms with Crippen molar-refractivity contribution >= 4 is 29.3 Å². The van der Waals surface area contributed by atoms with Gasteiger partial charge in [-0.05, 0) is 48.9 Å². The Kier molecular flexibility index (Phi) is 7.03. The number of hydrogen-bond donors (Lipinski definition) is 2. The van der Waals surface area contributed by atoms with E-state index in [0.29, 0.717) is 11.3 Å². The summed E-state index contributed by atoms with van der Waals surface area (Å²) in [6.07, 6.45) is 0. The molecular weight excluding hydrogens is 387 g/mol. The molecule has 0 unspecified atom stereocenters. The molecule has 0 aromatic heterocycles. The predicted octanol–water partition coefficient (Wildman–Crippen LogP) is 5.05. The van der Waals surface area contributed by atoms with Crippen LogP contribution in [0.25, 0.3) is 0 Å². The van der Waals surface area contributed by atoms with E-state index < -0.39 is 0 Å². The van der Waals surface area contributed by atoms with Crippen LogP contribution in [0.3, 0.4) is 0 Å². The molecular formula is C23H21FN2O2S. The Labute approximate surface area is 173 Å². The third-order valence-corrected chi connectivity index (χ3v) is 5.29. The van der Waals surface area contributed by atoms with Gasteiger partial charge in [0.15, 0.2) is 0 Å². The zero-order valence-corrected chi connectivity index (χ0v) is 16.7. The number of carbonyl (C=O) groups is 2. The average molecular weight is 408 g/mol. The molecule has 0 heterocycles. The van der Waals surface area contributed by atoms with E-state index in [4.69, 9.17) is 0 Å². The van der Waals surface area contributed by atoms with Crippen molar-refractivity contribution in [1.29, 1.82) is 0 Å². The molecule has 0 aliphatic rings. The van der Waals surface area contributed by atoms with Gasteiger partial charge in [-0.25, -0.2) is 4.39 Å². The average Bonchev–Trinajstić information content (AvgIpc) is 2.74. The number of para-hydroxylation sites is 1. The van der Waals surface area contributed by atoms with E-state index in [1.54, 1.807) is 36.4 Å². The van der Waals surface area contributed by atoms with E-state index in [0.717, 1.165) is 10.5 Å². The molecule has 0 radical (unpaired) electrons. The third-order valence-electron chi connectivity index (χ3n) is 4.28. The van der Waals surface area contributed by atoms with Crippen LogP contribution in [0.1, 0.15) is 28.9 Å². The number of nitrogens with one attached hydrogen (secondary N) is 2. The first-order valence-corrected chi connectivity index (χ1v) is 10.1. The number of benzene rings is 3. The van der Waals surface area contributed by atoms with Crippen molar-refractivity contribution in [2.45, 2.75) is 17.9 Å². The van der Waals surface area contributed by atoms with Gasteiger partial charge in [-0.1, -0.05) is 42.5 Å². The summed E-state index contributed by atoms with van der Waals surface area (Å²) in [5.74, 6) is -0.662. The molecule has 1 atom stereocenters. The van der Waals surface area contributed by atoms with Crippen molar-refractivity contribution in [2.75, 3.05) is 11.1 Å². The Morgan fingerprint density at radius 2 is 1.59 bits per heavy atom. The van der Waals surface area contributed by atoms with Crippen LogP contribution >= 0.6 is 11.8 Å². The molecule has 0 saturated carbocycles. The first kappa shape index (κ1) is 20.6. The van der Waals surface area contributed by atoms with E-state index in [1.807, 2.05) is 37.3 Å². The van der Waals surface area contributed by atoms with Crippen LogP contribution in [-0.2, 0) is 4.79 Å². The second-order valence-corrected chi connectivity index (χ2v) is 7.49. The van der Waals surface area contributed by atoms with Gasteiger partial charge >= 0.3 is 0 Å². The molecule has 0 spiro atoms. The first-order chi connectivity index (χ1) is 14.0. The molecule has 2 N–H and O–H groups in total. The fraction of sp³-hybridized carbons (Fsp3) is 0.130. The molecule has 2 amide bonds. The zero-order chi connectivity index (χ0) is 20.6. The number of carbonyl (C=O) groups excluding carboxylic acids is 2. The highest BCUT2D eigenvalue weighted by Crippen LogP contribution is 2.21. The highest BCUT2D eigenvalue weighted by atomic mass is 32.2. The number of halogens is 1. The van der Waals surface area contributed by atoms with Gasteiger partial charge in [0.1, 0.15) is 5.82 Å². The van der Waals surface area contributed by atoms with Crippen molar-refractivity contribution in [3.63, 3.8) is 0 Å². The minimum absolute atomic E-state index is 0.155. The summed E-state index contributed by atoms with van der Waals surface area (Å²) in [5, 5.41) is 5.75. The molecule has 3 aromatic rings. The summed E-state index contributed by atoms with van der Waals surface area (Å²) in [6, 6.07) is 22.4. The molecule has 29 heavy (non-hydrogen) atoms. The van der Waals surface area contributed by atoms with E-state index in [1.165, 1.54) is 23.9 Å². The fourth-order valence-corrected chi connectivity index (χ4v) is 3.45. The topological polar surface area (TPSA) is 58.2 Å².